The zero-order valence-corrected chi connectivity index (χ0v) is 17.7. The number of amides is 1. The Kier molecular flexibility index (Phi) is 6.39. The van der Waals surface area contributed by atoms with E-state index in [0.717, 1.165) is 49.1 Å². The van der Waals surface area contributed by atoms with E-state index < -0.39 is 0 Å². The number of benzene rings is 1. The maximum absolute atomic E-state index is 12.2. The predicted octanol–water partition coefficient (Wildman–Crippen LogP) is 4.28. The van der Waals surface area contributed by atoms with Gasteiger partial charge in [0.2, 0.25) is 5.91 Å². The first-order valence-electron chi connectivity index (χ1n) is 9.14. The number of rotatable bonds is 6. The lowest BCUT2D eigenvalue weighted by Crippen LogP contribution is -2.48. The SMILES string of the molecule is O=C(CN1CCN(Cc2nc(-c3cccs3)cs2)CC1)Nc1ccc(Cl)cc1. The Labute approximate surface area is 177 Å². The lowest BCUT2D eigenvalue weighted by atomic mass is 10.3. The molecule has 8 heteroatoms. The van der Waals surface area contributed by atoms with Crippen molar-refractivity contribution in [2.24, 2.45) is 0 Å². The number of thiazole rings is 1. The molecule has 0 aliphatic carbocycles. The van der Waals surface area contributed by atoms with Crippen LogP contribution in [-0.4, -0.2) is 53.4 Å². The molecular formula is C20H21ClN4OS2. The van der Waals surface area contributed by atoms with Crippen LogP contribution in [0.1, 0.15) is 5.01 Å². The number of nitrogens with zero attached hydrogens (tertiary/aromatic N) is 3. The quantitative estimate of drug-likeness (QED) is 0.631. The third-order valence-electron chi connectivity index (χ3n) is 4.64. The number of nitrogens with one attached hydrogen (secondary N) is 1. The van der Waals surface area contributed by atoms with Gasteiger partial charge in [-0.1, -0.05) is 17.7 Å². The molecule has 0 bridgehead atoms. The van der Waals surface area contributed by atoms with Crippen LogP contribution in [0.2, 0.25) is 5.02 Å². The van der Waals surface area contributed by atoms with Gasteiger partial charge in [-0.05, 0) is 35.7 Å². The molecule has 4 rings (SSSR count). The third-order valence-corrected chi connectivity index (χ3v) is 6.62. The number of thiophene rings is 1. The Balaban J connectivity index is 1.22. The lowest BCUT2D eigenvalue weighted by Gasteiger charge is -2.33. The normalized spacial score (nSPS) is 15.6. The second-order valence-corrected chi connectivity index (χ2v) is 9.04. The van der Waals surface area contributed by atoms with E-state index in [1.165, 1.54) is 4.88 Å². The Morgan fingerprint density at radius 1 is 1.07 bits per heavy atom. The van der Waals surface area contributed by atoms with Gasteiger partial charge in [-0.3, -0.25) is 14.6 Å². The Hall–Kier alpha value is -1.77. The summed E-state index contributed by atoms with van der Waals surface area (Å²) in [6.45, 7) is 4.95. The van der Waals surface area contributed by atoms with Gasteiger partial charge >= 0.3 is 0 Å². The molecule has 28 heavy (non-hydrogen) atoms. The average molecular weight is 433 g/mol. The molecule has 0 atom stereocenters. The van der Waals surface area contributed by atoms with Crippen molar-refractivity contribution in [2.45, 2.75) is 6.54 Å². The molecule has 0 radical (unpaired) electrons. The molecule has 0 saturated carbocycles. The zero-order valence-electron chi connectivity index (χ0n) is 15.3. The number of carbonyl (C=O) groups excluding carboxylic acids is 1. The predicted molar refractivity (Wildman–Crippen MR) is 117 cm³/mol. The summed E-state index contributed by atoms with van der Waals surface area (Å²) in [4.78, 5) is 22.8. The first kappa shape index (κ1) is 19.5. The number of anilines is 1. The summed E-state index contributed by atoms with van der Waals surface area (Å²) in [5, 5.41) is 8.95. The maximum atomic E-state index is 12.2. The van der Waals surface area contributed by atoms with E-state index in [0.29, 0.717) is 11.6 Å². The molecule has 0 spiro atoms. The largest absolute Gasteiger partial charge is 0.325 e. The first-order chi connectivity index (χ1) is 13.7. The van der Waals surface area contributed by atoms with Gasteiger partial charge in [-0.2, -0.15) is 0 Å². The summed E-state index contributed by atoms with van der Waals surface area (Å²) < 4.78 is 0. The van der Waals surface area contributed by atoms with E-state index in [2.05, 4.69) is 38.0 Å². The molecule has 1 aromatic carbocycles. The lowest BCUT2D eigenvalue weighted by molar-refractivity contribution is -0.117. The molecule has 1 aliphatic heterocycles. The van der Waals surface area contributed by atoms with E-state index in [1.807, 2.05) is 12.1 Å². The highest BCUT2D eigenvalue weighted by Crippen LogP contribution is 2.26. The molecule has 0 unspecified atom stereocenters. The monoisotopic (exact) mass is 432 g/mol. The fourth-order valence-corrected chi connectivity index (χ4v) is 4.88. The van der Waals surface area contributed by atoms with Crippen LogP contribution in [0, 0.1) is 0 Å². The number of hydrogen-bond acceptors (Lipinski definition) is 6. The summed E-state index contributed by atoms with van der Waals surface area (Å²) in [5.74, 6) is 0.0104. The molecule has 146 valence electrons. The van der Waals surface area contributed by atoms with Gasteiger partial charge in [0.15, 0.2) is 0 Å². The molecule has 1 N–H and O–H groups in total. The van der Waals surface area contributed by atoms with Crippen molar-refractivity contribution in [3.63, 3.8) is 0 Å². The number of carbonyl (C=O) groups is 1. The average Bonchev–Trinajstić information content (AvgIpc) is 3.37. The van der Waals surface area contributed by atoms with E-state index in [4.69, 9.17) is 16.6 Å². The maximum Gasteiger partial charge on any atom is 0.238 e. The number of piperazine rings is 1. The van der Waals surface area contributed by atoms with Crippen LogP contribution in [0.4, 0.5) is 5.69 Å². The topological polar surface area (TPSA) is 48.5 Å². The summed E-state index contributed by atoms with van der Waals surface area (Å²) in [7, 11) is 0. The van der Waals surface area contributed by atoms with Crippen molar-refractivity contribution in [3.05, 3.63) is 57.2 Å². The van der Waals surface area contributed by atoms with Crippen LogP contribution in [0.5, 0.6) is 0 Å². The highest BCUT2D eigenvalue weighted by atomic mass is 35.5. The number of hydrogen-bond donors (Lipinski definition) is 1. The fraction of sp³-hybridized carbons (Fsp3) is 0.300. The third kappa shape index (κ3) is 5.18. The second-order valence-electron chi connectivity index (χ2n) is 6.71. The van der Waals surface area contributed by atoms with Crippen molar-refractivity contribution < 1.29 is 4.79 Å². The van der Waals surface area contributed by atoms with Gasteiger partial charge in [-0.25, -0.2) is 4.98 Å². The van der Waals surface area contributed by atoms with Crippen LogP contribution in [-0.2, 0) is 11.3 Å². The minimum atomic E-state index is 0.0104. The highest BCUT2D eigenvalue weighted by Gasteiger charge is 2.20. The van der Waals surface area contributed by atoms with Crippen molar-refractivity contribution in [2.75, 3.05) is 38.0 Å². The second kappa shape index (κ2) is 9.15. The highest BCUT2D eigenvalue weighted by molar-refractivity contribution is 7.14. The van der Waals surface area contributed by atoms with Crippen molar-refractivity contribution in [3.8, 4) is 10.6 Å². The summed E-state index contributed by atoms with van der Waals surface area (Å²) in [6, 6.07) is 11.4. The van der Waals surface area contributed by atoms with Crippen LogP contribution in [0.15, 0.2) is 47.2 Å². The standard InChI is InChI=1S/C20H21ClN4OS2/c21-15-3-5-16(6-4-15)22-19(26)12-24-7-9-25(10-8-24)13-20-23-17(14-28-20)18-2-1-11-27-18/h1-6,11,14H,7-10,12-13H2,(H,22,26). The van der Waals surface area contributed by atoms with Gasteiger partial charge in [0.1, 0.15) is 5.01 Å². The van der Waals surface area contributed by atoms with E-state index in [9.17, 15) is 4.79 Å². The van der Waals surface area contributed by atoms with Crippen molar-refractivity contribution in [1.29, 1.82) is 0 Å². The molecule has 1 fully saturated rings. The van der Waals surface area contributed by atoms with E-state index in [-0.39, 0.29) is 5.91 Å². The molecular weight excluding hydrogens is 412 g/mol. The van der Waals surface area contributed by atoms with Crippen LogP contribution < -0.4 is 5.32 Å². The molecule has 1 amide bonds. The molecule has 5 nitrogen and oxygen atoms in total. The summed E-state index contributed by atoms with van der Waals surface area (Å²) in [6.07, 6.45) is 0. The number of aromatic nitrogens is 1. The van der Waals surface area contributed by atoms with Gasteiger partial charge < -0.3 is 5.32 Å². The van der Waals surface area contributed by atoms with Crippen LogP contribution in [0.25, 0.3) is 10.6 Å². The van der Waals surface area contributed by atoms with Gasteiger partial charge in [0, 0.05) is 42.3 Å². The Bertz CT molecular complexity index is 903. The zero-order chi connectivity index (χ0) is 19.3. The molecule has 1 aliphatic rings. The Morgan fingerprint density at radius 3 is 2.54 bits per heavy atom. The molecule has 2 aromatic heterocycles. The van der Waals surface area contributed by atoms with Crippen LogP contribution in [0.3, 0.4) is 0 Å². The van der Waals surface area contributed by atoms with Gasteiger partial charge in [0.25, 0.3) is 0 Å². The molecule has 3 heterocycles. The Morgan fingerprint density at radius 2 is 1.82 bits per heavy atom. The van der Waals surface area contributed by atoms with Gasteiger partial charge in [-0.15, -0.1) is 22.7 Å². The van der Waals surface area contributed by atoms with E-state index in [1.54, 1.807) is 34.8 Å². The number of halogens is 1. The van der Waals surface area contributed by atoms with Crippen molar-refractivity contribution in [1.82, 2.24) is 14.8 Å². The van der Waals surface area contributed by atoms with Crippen LogP contribution >= 0.6 is 34.3 Å². The van der Waals surface area contributed by atoms with E-state index >= 15 is 0 Å². The van der Waals surface area contributed by atoms with Crippen molar-refractivity contribution >= 4 is 45.9 Å². The molecule has 1 saturated heterocycles. The molecule has 3 aromatic rings. The summed E-state index contributed by atoms with van der Waals surface area (Å²) >= 11 is 9.32. The fourth-order valence-electron chi connectivity index (χ4n) is 3.15. The minimum absolute atomic E-state index is 0.0104. The summed E-state index contributed by atoms with van der Waals surface area (Å²) in [5.41, 5.74) is 1.85. The first-order valence-corrected chi connectivity index (χ1v) is 11.3. The minimum Gasteiger partial charge on any atom is -0.325 e. The van der Waals surface area contributed by atoms with Gasteiger partial charge in [0.05, 0.1) is 23.7 Å². The smallest absolute Gasteiger partial charge is 0.238 e.